The Hall–Kier alpha value is -0.530. The summed E-state index contributed by atoms with van der Waals surface area (Å²) >= 11 is 0. The molecular formula is C10H21NO. The van der Waals surface area contributed by atoms with E-state index in [1.54, 1.807) is 0 Å². The maximum atomic E-state index is 11.2. The molecule has 0 aliphatic carbocycles. The number of hydrogen-bond acceptors (Lipinski definition) is 1. The molecule has 0 bridgehead atoms. The lowest BCUT2D eigenvalue weighted by Crippen LogP contribution is -2.35. The summed E-state index contributed by atoms with van der Waals surface area (Å²) in [5, 5.41) is 0. The number of hydrogen-bond donors (Lipinski definition) is 1. The third-order valence-corrected chi connectivity index (χ3v) is 2.26. The van der Waals surface area contributed by atoms with Crippen molar-refractivity contribution in [3.8, 4) is 0 Å². The standard InChI is InChI=1S/C10H21NO/c1-5-6-10(4,9(11)12)7-8(2)3/h8H,5-7H2,1-4H3,(H2,11,12)/t10-/m0/s1. The van der Waals surface area contributed by atoms with Gasteiger partial charge in [0.2, 0.25) is 5.91 Å². The van der Waals surface area contributed by atoms with Crippen molar-refractivity contribution in [1.82, 2.24) is 0 Å². The van der Waals surface area contributed by atoms with E-state index in [0.29, 0.717) is 5.92 Å². The SMILES string of the molecule is CCC[C@@](C)(CC(C)C)C(N)=O. The first-order valence-corrected chi connectivity index (χ1v) is 4.72. The highest BCUT2D eigenvalue weighted by Gasteiger charge is 2.30. The zero-order valence-corrected chi connectivity index (χ0v) is 8.68. The Kier molecular flexibility index (Phi) is 4.29. The molecule has 0 fully saturated rings. The fourth-order valence-corrected chi connectivity index (χ4v) is 1.78. The molecule has 0 saturated heterocycles. The minimum Gasteiger partial charge on any atom is -0.369 e. The van der Waals surface area contributed by atoms with Crippen molar-refractivity contribution in [2.24, 2.45) is 17.1 Å². The molecule has 2 heteroatoms. The summed E-state index contributed by atoms with van der Waals surface area (Å²) in [6.45, 7) is 8.30. The fraction of sp³-hybridized carbons (Fsp3) is 0.900. The van der Waals surface area contributed by atoms with Crippen LogP contribution in [0.1, 0.15) is 47.0 Å². The monoisotopic (exact) mass is 171 g/mol. The van der Waals surface area contributed by atoms with Crippen molar-refractivity contribution < 1.29 is 4.79 Å². The predicted octanol–water partition coefficient (Wildman–Crippen LogP) is 2.32. The average molecular weight is 171 g/mol. The lowest BCUT2D eigenvalue weighted by atomic mass is 9.78. The topological polar surface area (TPSA) is 43.1 Å². The summed E-state index contributed by atoms with van der Waals surface area (Å²) in [7, 11) is 0. The molecule has 0 spiro atoms. The van der Waals surface area contributed by atoms with Gasteiger partial charge in [-0.05, 0) is 18.8 Å². The minimum atomic E-state index is -0.289. The van der Waals surface area contributed by atoms with Crippen LogP contribution >= 0.6 is 0 Å². The second-order valence-electron chi connectivity index (χ2n) is 4.27. The lowest BCUT2D eigenvalue weighted by molar-refractivity contribution is -0.128. The van der Waals surface area contributed by atoms with E-state index in [2.05, 4.69) is 20.8 Å². The lowest BCUT2D eigenvalue weighted by Gasteiger charge is -2.27. The Balaban J connectivity index is 4.28. The second kappa shape index (κ2) is 4.48. The van der Waals surface area contributed by atoms with Crippen LogP contribution in [-0.4, -0.2) is 5.91 Å². The van der Waals surface area contributed by atoms with Crippen LogP contribution in [-0.2, 0) is 4.79 Å². The number of primary amides is 1. The maximum Gasteiger partial charge on any atom is 0.223 e. The predicted molar refractivity (Wildman–Crippen MR) is 51.7 cm³/mol. The summed E-state index contributed by atoms with van der Waals surface area (Å²) in [5.74, 6) is 0.382. The van der Waals surface area contributed by atoms with Crippen LogP contribution in [0.25, 0.3) is 0 Å². The Bertz CT molecular complexity index is 154. The van der Waals surface area contributed by atoms with E-state index >= 15 is 0 Å². The quantitative estimate of drug-likeness (QED) is 0.677. The highest BCUT2D eigenvalue weighted by molar-refractivity contribution is 5.80. The van der Waals surface area contributed by atoms with Gasteiger partial charge in [0.15, 0.2) is 0 Å². The van der Waals surface area contributed by atoms with Gasteiger partial charge >= 0.3 is 0 Å². The fourth-order valence-electron chi connectivity index (χ4n) is 1.78. The van der Waals surface area contributed by atoms with Gasteiger partial charge in [-0.25, -0.2) is 0 Å². The molecule has 0 unspecified atom stereocenters. The minimum absolute atomic E-state index is 0.155. The number of carbonyl (C=O) groups excluding carboxylic acids is 1. The van der Waals surface area contributed by atoms with Crippen LogP contribution in [0, 0.1) is 11.3 Å². The summed E-state index contributed by atoms with van der Waals surface area (Å²) in [4.78, 5) is 11.2. The molecule has 0 radical (unpaired) electrons. The summed E-state index contributed by atoms with van der Waals surface area (Å²) in [6, 6.07) is 0. The first-order valence-electron chi connectivity index (χ1n) is 4.72. The normalized spacial score (nSPS) is 16.1. The molecular weight excluding hydrogens is 150 g/mol. The zero-order valence-electron chi connectivity index (χ0n) is 8.68. The molecule has 0 aliphatic heterocycles. The van der Waals surface area contributed by atoms with Crippen LogP contribution in [0.2, 0.25) is 0 Å². The van der Waals surface area contributed by atoms with Crippen molar-refractivity contribution in [2.75, 3.05) is 0 Å². The van der Waals surface area contributed by atoms with Crippen molar-refractivity contribution in [3.63, 3.8) is 0 Å². The van der Waals surface area contributed by atoms with Gasteiger partial charge in [0.1, 0.15) is 0 Å². The Labute approximate surface area is 75.5 Å². The second-order valence-corrected chi connectivity index (χ2v) is 4.27. The van der Waals surface area contributed by atoms with Gasteiger partial charge in [0.05, 0.1) is 0 Å². The van der Waals surface area contributed by atoms with Gasteiger partial charge in [-0.3, -0.25) is 4.79 Å². The highest BCUT2D eigenvalue weighted by atomic mass is 16.1. The first kappa shape index (κ1) is 11.5. The summed E-state index contributed by atoms with van der Waals surface area (Å²) in [5.41, 5.74) is 5.08. The van der Waals surface area contributed by atoms with Crippen LogP contribution < -0.4 is 5.73 Å². The van der Waals surface area contributed by atoms with Crippen molar-refractivity contribution in [3.05, 3.63) is 0 Å². The van der Waals surface area contributed by atoms with Crippen molar-refractivity contribution in [2.45, 2.75) is 47.0 Å². The highest BCUT2D eigenvalue weighted by Crippen LogP contribution is 2.30. The van der Waals surface area contributed by atoms with Gasteiger partial charge < -0.3 is 5.73 Å². The van der Waals surface area contributed by atoms with Crippen LogP contribution in [0.5, 0.6) is 0 Å². The van der Waals surface area contributed by atoms with E-state index in [4.69, 9.17) is 5.73 Å². The van der Waals surface area contributed by atoms with E-state index in [0.717, 1.165) is 19.3 Å². The van der Waals surface area contributed by atoms with E-state index in [1.165, 1.54) is 0 Å². The molecule has 0 heterocycles. The molecule has 1 atom stereocenters. The van der Waals surface area contributed by atoms with Crippen molar-refractivity contribution in [1.29, 1.82) is 0 Å². The van der Waals surface area contributed by atoms with E-state index in [1.807, 2.05) is 6.92 Å². The van der Waals surface area contributed by atoms with Gasteiger partial charge in [0, 0.05) is 5.41 Å². The van der Waals surface area contributed by atoms with Gasteiger partial charge in [-0.2, -0.15) is 0 Å². The molecule has 0 saturated carbocycles. The Morgan fingerprint density at radius 1 is 1.50 bits per heavy atom. The largest absolute Gasteiger partial charge is 0.369 e. The van der Waals surface area contributed by atoms with E-state index in [-0.39, 0.29) is 11.3 Å². The number of carbonyl (C=O) groups is 1. The molecule has 2 nitrogen and oxygen atoms in total. The van der Waals surface area contributed by atoms with Gasteiger partial charge in [-0.1, -0.05) is 34.1 Å². The number of nitrogens with two attached hydrogens (primary N) is 1. The first-order chi connectivity index (χ1) is 5.42. The average Bonchev–Trinajstić information content (AvgIpc) is 1.85. The molecule has 72 valence electrons. The van der Waals surface area contributed by atoms with Gasteiger partial charge in [-0.15, -0.1) is 0 Å². The molecule has 0 rings (SSSR count). The van der Waals surface area contributed by atoms with Crippen LogP contribution in [0.15, 0.2) is 0 Å². The summed E-state index contributed by atoms with van der Waals surface area (Å²) in [6.07, 6.45) is 2.82. The van der Waals surface area contributed by atoms with E-state index in [9.17, 15) is 4.79 Å². The molecule has 1 amide bonds. The van der Waals surface area contributed by atoms with Crippen molar-refractivity contribution >= 4 is 5.91 Å². The maximum absolute atomic E-state index is 11.2. The number of amides is 1. The molecule has 0 aliphatic rings. The Morgan fingerprint density at radius 2 is 2.00 bits per heavy atom. The molecule has 0 aromatic carbocycles. The molecule has 2 N–H and O–H groups in total. The Morgan fingerprint density at radius 3 is 2.25 bits per heavy atom. The van der Waals surface area contributed by atoms with E-state index < -0.39 is 0 Å². The third kappa shape index (κ3) is 3.24. The molecule has 12 heavy (non-hydrogen) atoms. The smallest absolute Gasteiger partial charge is 0.223 e. The third-order valence-electron chi connectivity index (χ3n) is 2.26. The van der Waals surface area contributed by atoms with Crippen LogP contribution in [0.4, 0.5) is 0 Å². The number of rotatable bonds is 5. The van der Waals surface area contributed by atoms with Crippen LogP contribution in [0.3, 0.4) is 0 Å². The summed E-state index contributed by atoms with van der Waals surface area (Å²) < 4.78 is 0. The zero-order chi connectivity index (χ0) is 9.78. The molecule has 0 aromatic heterocycles. The van der Waals surface area contributed by atoms with Gasteiger partial charge in [0.25, 0.3) is 0 Å². The molecule has 0 aromatic rings.